The topological polar surface area (TPSA) is 48.0 Å². The second kappa shape index (κ2) is 5.79. The van der Waals surface area contributed by atoms with E-state index < -0.39 is 5.97 Å². The number of esters is 1. The fraction of sp³-hybridized carbons (Fsp3) is 0.167. The number of benzene rings is 2. The lowest BCUT2D eigenvalue weighted by molar-refractivity contribution is -0.134. The second-order valence-corrected chi connectivity index (χ2v) is 6.33. The van der Waals surface area contributed by atoms with Crippen LogP contribution >= 0.6 is 11.8 Å². The Labute approximate surface area is 143 Å². The van der Waals surface area contributed by atoms with E-state index in [4.69, 9.17) is 14.2 Å². The van der Waals surface area contributed by atoms with Crippen LogP contribution < -0.4 is 19.1 Å². The summed E-state index contributed by atoms with van der Waals surface area (Å²) in [5.74, 6) is 1.50. The van der Waals surface area contributed by atoms with Crippen LogP contribution in [0.15, 0.2) is 58.1 Å². The molecule has 0 atom stereocenters. The highest BCUT2D eigenvalue weighted by molar-refractivity contribution is 8.03. The van der Waals surface area contributed by atoms with E-state index in [1.165, 1.54) is 11.8 Å². The number of carbonyl (C=O) groups is 1. The molecule has 0 N–H and O–H groups in total. The van der Waals surface area contributed by atoms with E-state index in [-0.39, 0.29) is 5.76 Å². The first-order valence-corrected chi connectivity index (χ1v) is 8.41. The summed E-state index contributed by atoms with van der Waals surface area (Å²) >= 11 is 1.47. The number of para-hydroxylation sites is 2. The predicted octanol–water partition coefficient (Wildman–Crippen LogP) is 3.79. The third-order valence-corrected chi connectivity index (χ3v) is 4.96. The van der Waals surface area contributed by atoms with Crippen molar-refractivity contribution in [2.45, 2.75) is 11.8 Å². The lowest BCUT2D eigenvalue weighted by atomic mass is 10.2. The van der Waals surface area contributed by atoms with Gasteiger partial charge in [0, 0.05) is 11.9 Å². The average Bonchev–Trinajstić information content (AvgIpc) is 2.91. The highest BCUT2D eigenvalue weighted by Crippen LogP contribution is 2.49. The summed E-state index contributed by atoms with van der Waals surface area (Å²) < 4.78 is 16.7. The van der Waals surface area contributed by atoms with Crippen molar-refractivity contribution in [3.05, 3.63) is 53.3 Å². The summed E-state index contributed by atoms with van der Waals surface area (Å²) in [6, 6.07) is 13.0. The van der Waals surface area contributed by atoms with E-state index >= 15 is 0 Å². The van der Waals surface area contributed by atoms with Gasteiger partial charge in [-0.15, -0.1) is 0 Å². The number of nitrogens with zero attached hydrogens (tertiary/aromatic N) is 1. The molecule has 0 bridgehead atoms. The number of carbonyl (C=O) groups excluding carboxylic acids is 1. The minimum atomic E-state index is -0.485. The van der Waals surface area contributed by atoms with Gasteiger partial charge in [-0.25, -0.2) is 4.79 Å². The van der Waals surface area contributed by atoms with Gasteiger partial charge in [-0.2, -0.15) is 0 Å². The average molecular weight is 341 g/mol. The number of hydrogen-bond donors (Lipinski definition) is 0. The van der Waals surface area contributed by atoms with E-state index in [2.05, 4.69) is 0 Å². The first-order valence-electron chi connectivity index (χ1n) is 7.59. The number of rotatable bonds is 2. The van der Waals surface area contributed by atoms with E-state index in [0.717, 1.165) is 16.3 Å². The fourth-order valence-corrected chi connectivity index (χ4v) is 3.78. The highest BCUT2D eigenvalue weighted by Gasteiger charge is 2.34. The van der Waals surface area contributed by atoms with Gasteiger partial charge >= 0.3 is 5.97 Å². The molecule has 2 aliphatic rings. The Balaban J connectivity index is 1.72. The first-order chi connectivity index (χ1) is 11.7. The molecule has 0 saturated heterocycles. The van der Waals surface area contributed by atoms with Gasteiger partial charge in [0.25, 0.3) is 0 Å². The maximum atomic E-state index is 12.3. The number of thioether (sulfide) groups is 1. The van der Waals surface area contributed by atoms with Gasteiger partial charge in [0.05, 0.1) is 12.3 Å². The van der Waals surface area contributed by atoms with Crippen molar-refractivity contribution in [3.63, 3.8) is 0 Å². The molecule has 0 fully saturated rings. The fourth-order valence-electron chi connectivity index (χ4n) is 2.64. The molecule has 122 valence electrons. The Morgan fingerprint density at radius 2 is 1.88 bits per heavy atom. The van der Waals surface area contributed by atoms with Crippen LogP contribution in [-0.2, 0) is 4.79 Å². The Bertz CT molecular complexity index is 862. The van der Waals surface area contributed by atoms with Gasteiger partial charge in [-0.1, -0.05) is 23.9 Å². The summed E-state index contributed by atoms with van der Waals surface area (Å²) in [7, 11) is 1.90. The molecule has 2 aromatic carbocycles. The molecule has 2 aliphatic heterocycles. The summed E-state index contributed by atoms with van der Waals surface area (Å²) in [6.07, 6.45) is 0. The molecule has 0 aromatic heterocycles. The molecule has 2 aromatic rings. The summed E-state index contributed by atoms with van der Waals surface area (Å²) in [5, 5.41) is 0.707. The highest BCUT2D eigenvalue weighted by atomic mass is 32.2. The van der Waals surface area contributed by atoms with E-state index in [1.54, 1.807) is 18.2 Å². The van der Waals surface area contributed by atoms with Gasteiger partial charge in [-0.3, -0.25) is 0 Å². The molecule has 24 heavy (non-hydrogen) atoms. The van der Waals surface area contributed by atoms with Crippen molar-refractivity contribution in [2.75, 3.05) is 18.6 Å². The number of anilines is 1. The maximum Gasteiger partial charge on any atom is 0.382 e. The lowest BCUT2D eigenvalue weighted by Crippen LogP contribution is -2.25. The van der Waals surface area contributed by atoms with Crippen LogP contribution in [0.25, 0.3) is 0 Å². The summed E-state index contributed by atoms with van der Waals surface area (Å²) in [6.45, 7) is 2.56. The third-order valence-electron chi connectivity index (χ3n) is 3.76. The van der Waals surface area contributed by atoms with E-state index in [9.17, 15) is 4.79 Å². The minimum absolute atomic E-state index is 0.204. The minimum Gasteiger partial charge on any atom is -0.494 e. The molecule has 0 unspecified atom stereocenters. The predicted molar refractivity (Wildman–Crippen MR) is 91.6 cm³/mol. The normalized spacial score (nSPS) is 18.6. The Morgan fingerprint density at radius 1 is 1.12 bits per heavy atom. The van der Waals surface area contributed by atoms with Crippen LogP contribution in [0.2, 0.25) is 0 Å². The molecule has 5 nitrogen and oxygen atoms in total. The van der Waals surface area contributed by atoms with Crippen LogP contribution in [0.1, 0.15) is 6.92 Å². The lowest BCUT2D eigenvalue weighted by Gasteiger charge is -2.22. The van der Waals surface area contributed by atoms with Gasteiger partial charge in [-0.05, 0) is 37.3 Å². The zero-order valence-corrected chi connectivity index (χ0v) is 14.1. The van der Waals surface area contributed by atoms with Crippen molar-refractivity contribution < 1.29 is 19.0 Å². The van der Waals surface area contributed by atoms with Crippen molar-refractivity contribution >= 4 is 23.4 Å². The number of fused-ring (bicyclic) bond motifs is 2. The Kier molecular flexibility index (Phi) is 3.61. The molecule has 0 radical (unpaired) electrons. The number of hydrogen-bond acceptors (Lipinski definition) is 6. The monoisotopic (exact) mass is 341 g/mol. The first kappa shape index (κ1) is 15.0. The Hall–Kier alpha value is -2.60. The van der Waals surface area contributed by atoms with Crippen LogP contribution in [0.3, 0.4) is 0 Å². The summed E-state index contributed by atoms with van der Waals surface area (Å²) in [5.41, 5.74) is 1.00. The molecular weight excluding hydrogens is 326 g/mol. The van der Waals surface area contributed by atoms with E-state index in [1.807, 2.05) is 43.1 Å². The molecule has 0 spiro atoms. The van der Waals surface area contributed by atoms with Crippen molar-refractivity contribution in [2.24, 2.45) is 0 Å². The van der Waals surface area contributed by atoms with Crippen LogP contribution in [0.4, 0.5) is 5.69 Å². The smallest absolute Gasteiger partial charge is 0.382 e. The molecule has 0 saturated carbocycles. The molecule has 4 rings (SSSR count). The summed E-state index contributed by atoms with van der Waals surface area (Å²) in [4.78, 5) is 15.3. The van der Waals surface area contributed by atoms with Crippen molar-refractivity contribution in [1.29, 1.82) is 0 Å². The Morgan fingerprint density at radius 3 is 2.62 bits per heavy atom. The van der Waals surface area contributed by atoms with E-state index in [0.29, 0.717) is 23.1 Å². The van der Waals surface area contributed by atoms with Gasteiger partial charge in [0.15, 0.2) is 11.5 Å². The largest absolute Gasteiger partial charge is 0.494 e. The van der Waals surface area contributed by atoms with Crippen LogP contribution in [-0.4, -0.2) is 19.6 Å². The van der Waals surface area contributed by atoms with Crippen LogP contribution in [0, 0.1) is 0 Å². The zero-order valence-electron chi connectivity index (χ0n) is 13.2. The zero-order chi connectivity index (χ0) is 16.7. The van der Waals surface area contributed by atoms with Gasteiger partial charge < -0.3 is 19.1 Å². The SMILES string of the molecule is CCOc1ccc2c(c1)S/C(=C1\Oc3ccccc3OC1=O)N2C. The molecule has 0 aliphatic carbocycles. The molecule has 0 amide bonds. The quantitative estimate of drug-likeness (QED) is 0.470. The van der Waals surface area contributed by atoms with Gasteiger partial charge in [0.1, 0.15) is 10.8 Å². The van der Waals surface area contributed by atoms with Crippen LogP contribution in [0.5, 0.6) is 17.2 Å². The molecule has 6 heteroatoms. The third kappa shape index (κ3) is 2.39. The number of ether oxygens (including phenoxy) is 3. The standard InChI is InChI=1S/C18H15NO4S/c1-3-21-11-8-9-12-15(10-11)24-17(19(12)2)16-18(20)23-14-7-5-4-6-13(14)22-16/h4-10H,3H2,1-2H3/b17-16-. The molecular formula is C18H15NO4S. The maximum absolute atomic E-state index is 12.3. The van der Waals surface area contributed by atoms with Gasteiger partial charge in [0.2, 0.25) is 5.76 Å². The second-order valence-electron chi connectivity index (χ2n) is 5.30. The van der Waals surface area contributed by atoms with Crippen molar-refractivity contribution in [3.8, 4) is 17.2 Å². The molecule has 2 heterocycles. The van der Waals surface area contributed by atoms with Crippen molar-refractivity contribution in [1.82, 2.24) is 0 Å².